The van der Waals surface area contributed by atoms with Gasteiger partial charge in [-0.1, -0.05) is 6.07 Å². The molecule has 1 aliphatic rings. The number of carbonyl (C=O) groups is 4. The minimum atomic E-state index is -0.484. The molecule has 1 aromatic heterocycles. The van der Waals surface area contributed by atoms with Crippen LogP contribution in [0, 0.1) is 0 Å². The van der Waals surface area contributed by atoms with E-state index in [4.69, 9.17) is 0 Å². The van der Waals surface area contributed by atoms with Gasteiger partial charge in [0.05, 0.1) is 17.6 Å². The van der Waals surface area contributed by atoms with Crippen molar-refractivity contribution in [3.63, 3.8) is 0 Å². The highest BCUT2D eigenvalue weighted by molar-refractivity contribution is 8.18. The van der Waals surface area contributed by atoms with Crippen LogP contribution in [-0.2, 0) is 9.53 Å². The van der Waals surface area contributed by atoms with Gasteiger partial charge in [0, 0.05) is 23.5 Å². The average Bonchev–Trinajstić information content (AvgIpc) is 3.31. The van der Waals surface area contributed by atoms with Crippen LogP contribution in [-0.4, -0.2) is 48.1 Å². The number of rotatable bonds is 6. The molecule has 144 valence electrons. The minimum Gasteiger partial charge on any atom is -0.465 e. The van der Waals surface area contributed by atoms with Crippen molar-refractivity contribution in [3.05, 3.63) is 62.7 Å². The molecule has 0 radical (unpaired) electrons. The molecule has 1 N–H and O–H groups in total. The van der Waals surface area contributed by atoms with Crippen molar-refractivity contribution in [3.8, 4) is 0 Å². The van der Waals surface area contributed by atoms with Crippen LogP contribution in [0.2, 0.25) is 0 Å². The maximum Gasteiger partial charge on any atom is 0.337 e. The number of ether oxygens (including phenoxy) is 1. The monoisotopic (exact) mass is 416 g/mol. The third kappa shape index (κ3) is 4.49. The first-order valence-electron chi connectivity index (χ1n) is 8.25. The molecule has 2 heterocycles. The fourth-order valence-electron chi connectivity index (χ4n) is 2.45. The standard InChI is InChI=1S/C19H16N2O5S2/c1-26-18(24)13-6-4-12(5-7-13)16(22)20-8-9-21-17(23)15(28-19(21)25)11-14-3-2-10-27-14/h2-7,10-11H,8-9H2,1H3,(H,20,22)/b15-11-. The molecule has 1 saturated heterocycles. The van der Waals surface area contributed by atoms with E-state index in [-0.39, 0.29) is 30.1 Å². The maximum atomic E-state index is 12.4. The summed E-state index contributed by atoms with van der Waals surface area (Å²) < 4.78 is 4.61. The average molecular weight is 416 g/mol. The zero-order chi connectivity index (χ0) is 20.1. The van der Waals surface area contributed by atoms with Crippen molar-refractivity contribution >= 4 is 52.2 Å². The van der Waals surface area contributed by atoms with Gasteiger partial charge in [0.2, 0.25) is 0 Å². The lowest BCUT2D eigenvalue weighted by atomic mass is 10.1. The van der Waals surface area contributed by atoms with Gasteiger partial charge in [-0.3, -0.25) is 19.3 Å². The number of amides is 3. The Morgan fingerprint density at radius 2 is 1.86 bits per heavy atom. The second kappa shape index (κ2) is 8.85. The number of imide groups is 1. The van der Waals surface area contributed by atoms with Gasteiger partial charge in [0.1, 0.15) is 0 Å². The predicted molar refractivity (Wildman–Crippen MR) is 107 cm³/mol. The van der Waals surface area contributed by atoms with E-state index in [1.807, 2.05) is 17.5 Å². The Morgan fingerprint density at radius 1 is 1.14 bits per heavy atom. The van der Waals surface area contributed by atoms with Crippen LogP contribution in [0.15, 0.2) is 46.7 Å². The molecule has 0 aliphatic carbocycles. The second-order valence-corrected chi connectivity index (χ2v) is 7.65. The Balaban J connectivity index is 1.54. The van der Waals surface area contributed by atoms with Crippen LogP contribution in [0.5, 0.6) is 0 Å². The number of esters is 1. The molecule has 0 unspecified atom stereocenters. The number of nitrogens with zero attached hydrogens (tertiary/aromatic N) is 1. The summed E-state index contributed by atoms with van der Waals surface area (Å²) >= 11 is 2.37. The SMILES string of the molecule is COC(=O)c1ccc(C(=O)NCCN2C(=O)S/C(=C\c3cccs3)C2=O)cc1. The highest BCUT2D eigenvalue weighted by Gasteiger charge is 2.34. The summed E-state index contributed by atoms with van der Waals surface area (Å²) in [7, 11) is 1.28. The van der Waals surface area contributed by atoms with E-state index in [9.17, 15) is 19.2 Å². The molecule has 0 atom stereocenters. The third-order valence-electron chi connectivity index (χ3n) is 3.88. The Kier molecular flexibility index (Phi) is 6.27. The molecule has 0 spiro atoms. The van der Waals surface area contributed by atoms with Gasteiger partial charge in [-0.05, 0) is 53.5 Å². The van der Waals surface area contributed by atoms with E-state index < -0.39 is 5.97 Å². The quantitative estimate of drug-likeness (QED) is 0.575. The van der Waals surface area contributed by atoms with E-state index in [1.54, 1.807) is 6.08 Å². The zero-order valence-corrected chi connectivity index (χ0v) is 16.5. The lowest BCUT2D eigenvalue weighted by molar-refractivity contribution is -0.122. The molecule has 0 saturated carbocycles. The Morgan fingerprint density at radius 3 is 2.50 bits per heavy atom. The highest BCUT2D eigenvalue weighted by atomic mass is 32.2. The summed E-state index contributed by atoms with van der Waals surface area (Å²) in [5, 5.41) is 4.20. The molecule has 3 rings (SSSR count). The molecule has 2 aromatic rings. The van der Waals surface area contributed by atoms with E-state index >= 15 is 0 Å². The van der Waals surface area contributed by atoms with Gasteiger partial charge in [0.15, 0.2) is 0 Å². The summed E-state index contributed by atoms with van der Waals surface area (Å²) in [6.45, 7) is 0.209. The number of hydrogen-bond acceptors (Lipinski definition) is 7. The van der Waals surface area contributed by atoms with Crippen molar-refractivity contribution in [2.75, 3.05) is 20.2 Å². The van der Waals surface area contributed by atoms with Crippen molar-refractivity contribution in [1.29, 1.82) is 0 Å². The lowest BCUT2D eigenvalue weighted by Gasteiger charge is -2.13. The first-order chi connectivity index (χ1) is 13.5. The van der Waals surface area contributed by atoms with Crippen molar-refractivity contribution in [2.45, 2.75) is 0 Å². The van der Waals surface area contributed by atoms with Crippen molar-refractivity contribution in [2.24, 2.45) is 0 Å². The summed E-state index contributed by atoms with van der Waals surface area (Å²) in [6, 6.07) is 9.73. The van der Waals surface area contributed by atoms with Crippen molar-refractivity contribution in [1.82, 2.24) is 10.2 Å². The lowest BCUT2D eigenvalue weighted by Crippen LogP contribution is -2.37. The number of thioether (sulfide) groups is 1. The molecule has 3 amide bonds. The number of benzene rings is 1. The van der Waals surface area contributed by atoms with Gasteiger partial charge in [-0.15, -0.1) is 11.3 Å². The molecular formula is C19H16N2O5S2. The maximum absolute atomic E-state index is 12.4. The van der Waals surface area contributed by atoms with E-state index in [0.29, 0.717) is 16.0 Å². The van der Waals surface area contributed by atoms with Crippen LogP contribution in [0.4, 0.5) is 4.79 Å². The fourth-order valence-corrected chi connectivity index (χ4v) is 4.04. The second-order valence-electron chi connectivity index (χ2n) is 5.67. The van der Waals surface area contributed by atoms with Gasteiger partial charge in [-0.25, -0.2) is 4.79 Å². The predicted octanol–water partition coefficient (Wildman–Crippen LogP) is 3.00. The number of carbonyl (C=O) groups excluding carboxylic acids is 4. The molecule has 0 bridgehead atoms. The minimum absolute atomic E-state index is 0.0818. The van der Waals surface area contributed by atoms with Crippen LogP contribution in [0.1, 0.15) is 25.6 Å². The number of nitrogens with one attached hydrogen (secondary N) is 1. The smallest absolute Gasteiger partial charge is 0.337 e. The molecule has 1 aromatic carbocycles. The van der Waals surface area contributed by atoms with E-state index in [1.165, 1.54) is 42.7 Å². The van der Waals surface area contributed by atoms with Crippen molar-refractivity contribution < 1.29 is 23.9 Å². The molecule has 1 fully saturated rings. The van der Waals surface area contributed by atoms with Gasteiger partial charge < -0.3 is 10.1 Å². The fraction of sp³-hybridized carbons (Fsp3) is 0.158. The summed E-state index contributed by atoms with van der Waals surface area (Å²) in [5.74, 6) is -1.21. The first kappa shape index (κ1) is 19.8. The van der Waals surface area contributed by atoms with Gasteiger partial charge in [0.25, 0.3) is 17.1 Å². The van der Waals surface area contributed by atoms with E-state index in [0.717, 1.165) is 21.5 Å². The largest absolute Gasteiger partial charge is 0.465 e. The number of hydrogen-bond donors (Lipinski definition) is 1. The summed E-state index contributed by atoms with van der Waals surface area (Å²) in [4.78, 5) is 50.4. The zero-order valence-electron chi connectivity index (χ0n) is 14.8. The molecular weight excluding hydrogens is 400 g/mol. The summed E-state index contributed by atoms with van der Waals surface area (Å²) in [6.07, 6.45) is 1.69. The van der Waals surface area contributed by atoms with Gasteiger partial charge in [-0.2, -0.15) is 0 Å². The van der Waals surface area contributed by atoms with Gasteiger partial charge >= 0.3 is 5.97 Å². The summed E-state index contributed by atoms with van der Waals surface area (Å²) in [5.41, 5.74) is 0.703. The Hall–Kier alpha value is -2.91. The van der Waals surface area contributed by atoms with Crippen LogP contribution >= 0.6 is 23.1 Å². The topological polar surface area (TPSA) is 92.8 Å². The highest BCUT2D eigenvalue weighted by Crippen LogP contribution is 2.32. The molecule has 28 heavy (non-hydrogen) atoms. The molecule has 7 nitrogen and oxygen atoms in total. The van der Waals surface area contributed by atoms with Crippen LogP contribution in [0.25, 0.3) is 6.08 Å². The van der Waals surface area contributed by atoms with E-state index in [2.05, 4.69) is 10.1 Å². The Labute approximate surface area is 169 Å². The van der Waals surface area contributed by atoms with Crippen LogP contribution in [0.3, 0.4) is 0 Å². The number of methoxy groups -OCH3 is 1. The molecule has 1 aliphatic heterocycles. The first-order valence-corrected chi connectivity index (χ1v) is 9.94. The number of thiophene rings is 1. The normalized spacial score (nSPS) is 15.2. The Bertz CT molecular complexity index is 936. The molecule has 9 heteroatoms. The third-order valence-corrected chi connectivity index (χ3v) is 5.61. The van der Waals surface area contributed by atoms with Crippen LogP contribution < -0.4 is 5.32 Å².